The molecule has 0 aliphatic heterocycles. The van der Waals surface area contributed by atoms with Crippen LogP contribution in [0.3, 0.4) is 0 Å². The number of alkyl carbamates (subject to hydrolysis) is 1. The van der Waals surface area contributed by atoms with Crippen molar-refractivity contribution in [2.45, 2.75) is 45.6 Å². The van der Waals surface area contributed by atoms with Crippen molar-refractivity contribution in [3.63, 3.8) is 0 Å². The van der Waals surface area contributed by atoms with E-state index >= 15 is 0 Å². The lowest BCUT2D eigenvalue weighted by molar-refractivity contribution is 0.0527. The molecule has 0 aliphatic carbocycles. The number of hydrogen-bond acceptors (Lipinski definition) is 6. The molecule has 10 heteroatoms. The highest BCUT2D eigenvalue weighted by molar-refractivity contribution is 9.10. The minimum Gasteiger partial charge on any atom is -0.444 e. The van der Waals surface area contributed by atoms with E-state index in [0.717, 1.165) is 40.6 Å². The molecule has 29 heavy (non-hydrogen) atoms. The first-order valence-corrected chi connectivity index (χ1v) is 10.2. The van der Waals surface area contributed by atoms with E-state index in [2.05, 4.69) is 31.4 Å². The summed E-state index contributed by atoms with van der Waals surface area (Å²) >= 11 is 3.54. The Morgan fingerprint density at radius 2 is 2.03 bits per heavy atom. The standard InChI is InChI=1S/C19H26BrN7O2/c1-19(2,3)29-18(28)22-8-6-5-7-14-15(20)16(21)27-17(25-14)13(10-24-27)12-9-23-26(4)11-12/h9-11H,5-8,21H2,1-4H3,(H,22,28). The number of nitrogens with two attached hydrogens (primary N) is 1. The molecule has 3 rings (SSSR count). The molecule has 0 saturated heterocycles. The molecule has 3 aromatic rings. The second kappa shape index (κ2) is 8.40. The maximum atomic E-state index is 11.7. The van der Waals surface area contributed by atoms with E-state index in [4.69, 9.17) is 15.5 Å². The van der Waals surface area contributed by atoms with Gasteiger partial charge in [0.15, 0.2) is 5.65 Å². The number of halogens is 1. The van der Waals surface area contributed by atoms with Gasteiger partial charge >= 0.3 is 6.09 Å². The van der Waals surface area contributed by atoms with Crippen molar-refractivity contribution >= 4 is 33.5 Å². The predicted octanol–water partition coefficient (Wildman–Crippen LogP) is 3.32. The van der Waals surface area contributed by atoms with Gasteiger partial charge in [0.05, 0.1) is 22.6 Å². The number of ether oxygens (including phenoxy) is 1. The van der Waals surface area contributed by atoms with E-state index < -0.39 is 11.7 Å². The molecule has 0 atom stereocenters. The monoisotopic (exact) mass is 463 g/mol. The lowest BCUT2D eigenvalue weighted by Crippen LogP contribution is -2.33. The number of fused-ring (bicyclic) bond motifs is 1. The molecule has 0 aliphatic rings. The number of nitrogens with zero attached hydrogens (tertiary/aromatic N) is 5. The third kappa shape index (κ3) is 5.06. The number of aromatic nitrogens is 5. The van der Waals surface area contributed by atoms with Crippen LogP contribution in [0.1, 0.15) is 39.3 Å². The van der Waals surface area contributed by atoms with Crippen LogP contribution < -0.4 is 11.1 Å². The number of amides is 1. The smallest absolute Gasteiger partial charge is 0.407 e. The average molecular weight is 464 g/mol. The molecular formula is C19H26BrN7O2. The highest BCUT2D eigenvalue weighted by Gasteiger charge is 2.17. The Bertz CT molecular complexity index is 1020. The van der Waals surface area contributed by atoms with Gasteiger partial charge in [0.25, 0.3) is 0 Å². The second-order valence-corrected chi connectivity index (χ2v) is 8.63. The number of aryl methyl sites for hydroxylation is 2. The van der Waals surface area contributed by atoms with Crippen LogP contribution in [0.2, 0.25) is 0 Å². The van der Waals surface area contributed by atoms with Crippen molar-refractivity contribution < 1.29 is 9.53 Å². The predicted molar refractivity (Wildman–Crippen MR) is 114 cm³/mol. The zero-order valence-corrected chi connectivity index (χ0v) is 18.7. The number of rotatable bonds is 6. The first-order chi connectivity index (χ1) is 13.7. The van der Waals surface area contributed by atoms with Gasteiger partial charge < -0.3 is 15.8 Å². The summed E-state index contributed by atoms with van der Waals surface area (Å²) in [7, 11) is 1.87. The molecule has 0 bridgehead atoms. The van der Waals surface area contributed by atoms with Crippen molar-refractivity contribution in [2.75, 3.05) is 12.3 Å². The molecule has 0 unspecified atom stereocenters. The summed E-state index contributed by atoms with van der Waals surface area (Å²) in [6.07, 6.45) is 7.40. The Morgan fingerprint density at radius 1 is 1.28 bits per heavy atom. The molecule has 0 radical (unpaired) electrons. The second-order valence-electron chi connectivity index (χ2n) is 7.84. The quantitative estimate of drug-likeness (QED) is 0.542. The Balaban J connectivity index is 1.67. The van der Waals surface area contributed by atoms with Crippen LogP contribution in [-0.2, 0) is 18.2 Å². The fourth-order valence-electron chi connectivity index (χ4n) is 2.90. The van der Waals surface area contributed by atoms with Gasteiger partial charge in [-0.1, -0.05) is 0 Å². The van der Waals surface area contributed by atoms with E-state index in [9.17, 15) is 4.79 Å². The van der Waals surface area contributed by atoms with Crippen molar-refractivity contribution in [3.8, 4) is 11.1 Å². The van der Waals surface area contributed by atoms with Gasteiger partial charge in [-0.05, 0) is 56.0 Å². The van der Waals surface area contributed by atoms with Crippen LogP contribution >= 0.6 is 15.9 Å². The largest absolute Gasteiger partial charge is 0.444 e. The fraction of sp³-hybridized carbons (Fsp3) is 0.474. The zero-order chi connectivity index (χ0) is 21.2. The number of nitrogen functional groups attached to an aromatic ring is 1. The minimum absolute atomic E-state index is 0.400. The Morgan fingerprint density at radius 3 is 2.69 bits per heavy atom. The van der Waals surface area contributed by atoms with Gasteiger partial charge in [0, 0.05) is 30.9 Å². The fourth-order valence-corrected chi connectivity index (χ4v) is 3.35. The zero-order valence-electron chi connectivity index (χ0n) is 17.1. The number of carbonyl (C=O) groups excluding carboxylic acids is 1. The van der Waals surface area contributed by atoms with Crippen molar-refractivity contribution in [2.24, 2.45) is 7.05 Å². The minimum atomic E-state index is -0.497. The molecule has 3 heterocycles. The molecule has 1 amide bonds. The summed E-state index contributed by atoms with van der Waals surface area (Å²) in [6.45, 7) is 6.06. The van der Waals surface area contributed by atoms with Crippen molar-refractivity contribution in [3.05, 3.63) is 28.8 Å². The molecule has 9 nitrogen and oxygen atoms in total. The van der Waals surface area contributed by atoms with Gasteiger partial charge in [-0.3, -0.25) is 4.68 Å². The molecule has 3 aromatic heterocycles. The summed E-state index contributed by atoms with van der Waals surface area (Å²) in [5.41, 5.74) is 9.14. The Hall–Kier alpha value is -2.62. The summed E-state index contributed by atoms with van der Waals surface area (Å²) in [5, 5.41) is 11.3. The first-order valence-electron chi connectivity index (χ1n) is 9.43. The summed E-state index contributed by atoms with van der Waals surface area (Å²) in [6, 6.07) is 0. The van der Waals surface area contributed by atoms with Crippen LogP contribution in [0, 0.1) is 0 Å². The molecular weight excluding hydrogens is 438 g/mol. The van der Waals surface area contributed by atoms with Crippen LogP contribution in [-0.4, -0.2) is 42.6 Å². The average Bonchev–Trinajstić information content (AvgIpc) is 3.23. The van der Waals surface area contributed by atoms with Crippen LogP contribution in [0.4, 0.5) is 10.6 Å². The summed E-state index contributed by atoms with van der Waals surface area (Å²) in [4.78, 5) is 16.5. The van der Waals surface area contributed by atoms with Gasteiger partial charge in [-0.15, -0.1) is 0 Å². The first kappa shape index (κ1) is 21.1. The summed E-state index contributed by atoms with van der Waals surface area (Å²) < 4.78 is 9.33. The third-order valence-electron chi connectivity index (χ3n) is 4.22. The van der Waals surface area contributed by atoms with E-state index in [0.29, 0.717) is 18.0 Å². The van der Waals surface area contributed by atoms with E-state index in [1.54, 1.807) is 21.6 Å². The van der Waals surface area contributed by atoms with E-state index in [1.165, 1.54) is 0 Å². The number of anilines is 1. The molecule has 0 fully saturated rings. The topological polar surface area (TPSA) is 112 Å². The Labute approximate surface area is 177 Å². The number of carbonyl (C=O) groups is 1. The molecule has 156 valence electrons. The van der Waals surface area contributed by atoms with E-state index in [-0.39, 0.29) is 0 Å². The lowest BCUT2D eigenvalue weighted by Gasteiger charge is -2.19. The SMILES string of the molecule is Cn1cc(-c2cnn3c(N)c(Br)c(CCCCNC(=O)OC(C)(C)C)nc23)cn1. The number of unbranched alkanes of at least 4 members (excludes halogenated alkanes) is 1. The van der Waals surface area contributed by atoms with Crippen molar-refractivity contribution in [1.82, 2.24) is 29.7 Å². The highest BCUT2D eigenvalue weighted by atomic mass is 79.9. The normalized spacial score (nSPS) is 11.8. The highest BCUT2D eigenvalue weighted by Crippen LogP contribution is 2.30. The van der Waals surface area contributed by atoms with Gasteiger partial charge in [-0.2, -0.15) is 14.7 Å². The summed E-state index contributed by atoms with van der Waals surface area (Å²) in [5.74, 6) is 0.507. The third-order valence-corrected chi connectivity index (χ3v) is 5.08. The molecule has 0 aromatic carbocycles. The van der Waals surface area contributed by atoms with E-state index in [1.807, 2.05) is 34.0 Å². The Kier molecular flexibility index (Phi) is 6.11. The lowest BCUT2D eigenvalue weighted by atomic mass is 10.1. The van der Waals surface area contributed by atoms with Gasteiger partial charge in [0.1, 0.15) is 11.4 Å². The molecule has 0 saturated carbocycles. The maximum absolute atomic E-state index is 11.7. The maximum Gasteiger partial charge on any atom is 0.407 e. The number of hydrogen-bond donors (Lipinski definition) is 2. The van der Waals surface area contributed by atoms with Gasteiger partial charge in [-0.25, -0.2) is 9.78 Å². The van der Waals surface area contributed by atoms with Crippen LogP contribution in [0.25, 0.3) is 16.8 Å². The van der Waals surface area contributed by atoms with Crippen molar-refractivity contribution in [1.29, 1.82) is 0 Å². The van der Waals surface area contributed by atoms with Crippen LogP contribution in [0.15, 0.2) is 23.1 Å². The molecule has 3 N–H and O–H groups in total. The van der Waals surface area contributed by atoms with Crippen LogP contribution in [0.5, 0.6) is 0 Å². The number of nitrogens with one attached hydrogen (secondary N) is 1. The molecule has 0 spiro atoms. The van der Waals surface area contributed by atoms with Gasteiger partial charge in [0.2, 0.25) is 0 Å².